The van der Waals surface area contributed by atoms with E-state index < -0.39 is 89.7 Å². The molecule has 4 fully saturated rings. The zero-order valence-corrected chi connectivity index (χ0v) is 33.5. The third kappa shape index (κ3) is 9.76. The van der Waals surface area contributed by atoms with E-state index >= 15 is 0 Å². The molecule has 4 heterocycles. The van der Waals surface area contributed by atoms with Crippen LogP contribution >= 0.6 is 0 Å². The van der Waals surface area contributed by atoms with Crippen LogP contribution in [0.5, 0.6) is 0 Å². The number of benzene rings is 2. The summed E-state index contributed by atoms with van der Waals surface area (Å²) >= 11 is 0. The number of nitrogens with zero attached hydrogens (tertiary/aromatic N) is 3. The molecule has 6 rings (SSSR count). The number of nitrogens with one attached hydrogen (secondary N) is 4. The maximum atomic E-state index is 14.8. The summed E-state index contributed by atoms with van der Waals surface area (Å²) in [6, 6.07) is 5.06. The number of piperidine rings is 2. The van der Waals surface area contributed by atoms with Crippen molar-refractivity contribution in [1.82, 2.24) is 30.7 Å². The monoisotopic (exact) mass is 803 g/mol. The largest absolute Gasteiger partial charge is 0.458 e. The van der Waals surface area contributed by atoms with E-state index in [0.29, 0.717) is 49.8 Å². The number of ether oxygens (including phenoxy) is 1. The predicted molar refractivity (Wildman–Crippen MR) is 210 cm³/mol. The number of carbonyl (C=O) groups excluding carboxylic acids is 7. The second-order valence-electron chi connectivity index (χ2n) is 16.1. The second kappa shape index (κ2) is 18.4. The van der Waals surface area contributed by atoms with Crippen LogP contribution in [0.2, 0.25) is 0 Å². The maximum absolute atomic E-state index is 14.8. The number of hydrogen-bond donors (Lipinski definition) is 4. The van der Waals surface area contributed by atoms with Crippen molar-refractivity contribution in [3.63, 3.8) is 0 Å². The first-order valence-corrected chi connectivity index (χ1v) is 20.3. The first-order chi connectivity index (χ1) is 27.7. The van der Waals surface area contributed by atoms with E-state index in [4.69, 9.17) is 4.74 Å². The summed E-state index contributed by atoms with van der Waals surface area (Å²) in [5.74, 6) is -4.32. The number of hydrogen-bond acceptors (Lipinski definition) is 8. The number of rotatable bonds is 6. The van der Waals surface area contributed by atoms with Gasteiger partial charge in [-0.15, -0.1) is 0 Å². The van der Waals surface area contributed by atoms with Gasteiger partial charge in [0, 0.05) is 31.7 Å². The minimum absolute atomic E-state index is 0.0831. The Kier molecular flexibility index (Phi) is 13.3. The fourth-order valence-corrected chi connectivity index (χ4v) is 8.46. The molecule has 312 valence electrons. The number of carbonyl (C=O) groups is 7. The molecular weight excluding hydrogens is 750 g/mol. The zero-order chi connectivity index (χ0) is 41.7. The van der Waals surface area contributed by atoms with E-state index in [9.17, 15) is 38.0 Å². The lowest BCUT2D eigenvalue weighted by Crippen LogP contribution is -2.65. The number of esters is 1. The van der Waals surface area contributed by atoms with E-state index in [1.807, 2.05) is 13.8 Å². The van der Waals surface area contributed by atoms with E-state index in [0.717, 1.165) is 5.56 Å². The summed E-state index contributed by atoms with van der Waals surface area (Å²) < 4.78 is 20.3. The van der Waals surface area contributed by atoms with Crippen molar-refractivity contribution in [2.45, 2.75) is 121 Å². The van der Waals surface area contributed by atoms with Crippen LogP contribution in [-0.2, 0) is 39.9 Å². The van der Waals surface area contributed by atoms with Crippen molar-refractivity contribution in [1.29, 1.82) is 0 Å². The highest BCUT2D eigenvalue weighted by Crippen LogP contribution is 2.28. The molecule has 0 unspecified atom stereocenters. The van der Waals surface area contributed by atoms with Gasteiger partial charge < -0.3 is 40.7 Å². The maximum Gasteiger partial charge on any atom is 0.329 e. The van der Waals surface area contributed by atoms with Crippen LogP contribution in [-0.4, -0.2) is 118 Å². The number of halogens is 1. The Labute approximate surface area is 337 Å². The van der Waals surface area contributed by atoms with Crippen molar-refractivity contribution >= 4 is 47.2 Å². The topological polar surface area (TPSA) is 187 Å². The van der Waals surface area contributed by atoms with Crippen LogP contribution in [0, 0.1) is 18.7 Å². The lowest BCUT2D eigenvalue weighted by atomic mass is 9.95. The lowest BCUT2D eigenvalue weighted by molar-refractivity contribution is -0.164. The highest BCUT2D eigenvalue weighted by molar-refractivity contribution is 5.98. The summed E-state index contributed by atoms with van der Waals surface area (Å²) in [6.07, 6.45) is 2.01. The van der Waals surface area contributed by atoms with Crippen molar-refractivity contribution in [3.05, 3.63) is 65.5 Å². The Morgan fingerprint density at radius 2 is 1.52 bits per heavy atom. The molecule has 8 atom stereocenters. The van der Waals surface area contributed by atoms with Gasteiger partial charge in [-0.2, -0.15) is 0 Å². The smallest absolute Gasteiger partial charge is 0.329 e. The quantitative estimate of drug-likeness (QED) is 0.321. The molecule has 4 saturated heterocycles. The number of cyclic esters (lactones) is 1. The highest BCUT2D eigenvalue weighted by atomic mass is 19.1. The van der Waals surface area contributed by atoms with Crippen LogP contribution in [0.4, 0.5) is 14.9 Å². The Bertz CT molecular complexity index is 1890. The number of anilines is 1. The molecule has 16 heteroatoms. The molecule has 4 aliphatic rings. The van der Waals surface area contributed by atoms with Crippen molar-refractivity contribution in [2.24, 2.45) is 5.92 Å². The van der Waals surface area contributed by atoms with Gasteiger partial charge in [0.05, 0.1) is 0 Å². The molecule has 4 aliphatic heterocycles. The molecule has 0 aromatic heterocycles. The molecule has 0 saturated carbocycles. The summed E-state index contributed by atoms with van der Waals surface area (Å²) in [6.45, 7) is 7.47. The van der Waals surface area contributed by atoms with Gasteiger partial charge in [0.2, 0.25) is 29.5 Å². The minimum Gasteiger partial charge on any atom is -0.458 e. The average Bonchev–Trinajstić information content (AvgIpc) is 3.60. The zero-order valence-electron chi connectivity index (χ0n) is 33.5. The molecule has 4 N–H and O–H groups in total. The number of aryl methyl sites for hydroxylation is 1. The van der Waals surface area contributed by atoms with Gasteiger partial charge in [0.15, 0.2) is 0 Å². The van der Waals surface area contributed by atoms with Gasteiger partial charge in [-0.25, -0.2) is 14.0 Å². The average molecular weight is 804 g/mol. The number of fused-ring (bicyclic) bond motifs is 3. The van der Waals surface area contributed by atoms with Gasteiger partial charge in [-0.05, 0) is 101 Å². The Balaban J connectivity index is 1.34. The van der Waals surface area contributed by atoms with Crippen LogP contribution < -0.4 is 21.3 Å². The fraction of sp³-hybridized carbons (Fsp3) is 0.548. The van der Waals surface area contributed by atoms with Gasteiger partial charge in [-0.1, -0.05) is 36.8 Å². The van der Waals surface area contributed by atoms with Gasteiger partial charge in [0.25, 0.3) is 0 Å². The van der Waals surface area contributed by atoms with Crippen molar-refractivity contribution in [3.8, 4) is 0 Å². The Morgan fingerprint density at radius 1 is 0.845 bits per heavy atom. The molecule has 2 aromatic carbocycles. The molecule has 0 aliphatic carbocycles. The lowest BCUT2D eigenvalue weighted by Gasteiger charge is -2.43. The van der Waals surface area contributed by atoms with Crippen molar-refractivity contribution < 1.29 is 42.7 Å². The number of urea groups is 1. The highest BCUT2D eigenvalue weighted by Gasteiger charge is 2.47. The van der Waals surface area contributed by atoms with Crippen LogP contribution in [0.25, 0.3) is 0 Å². The van der Waals surface area contributed by atoms with Crippen molar-refractivity contribution in [2.75, 3.05) is 25.0 Å². The van der Waals surface area contributed by atoms with Crippen LogP contribution in [0.1, 0.15) is 76.8 Å². The van der Waals surface area contributed by atoms with Crippen LogP contribution in [0.15, 0.2) is 48.5 Å². The molecule has 0 spiro atoms. The van der Waals surface area contributed by atoms with E-state index in [1.54, 1.807) is 37.3 Å². The third-order valence-corrected chi connectivity index (χ3v) is 11.5. The van der Waals surface area contributed by atoms with E-state index in [2.05, 4.69) is 21.3 Å². The Morgan fingerprint density at radius 3 is 2.21 bits per heavy atom. The third-order valence-electron chi connectivity index (χ3n) is 11.5. The van der Waals surface area contributed by atoms with Gasteiger partial charge >= 0.3 is 12.0 Å². The van der Waals surface area contributed by atoms with Gasteiger partial charge in [0.1, 0.15) is 48.2 Å². The molecule has 0 radical (unpaired) electrons. The summed E-state index contributed by atoms with van der Waals surface area (Å²) in [5.41, 5.74) is 1.81. The summed E-state index contributed by atoms with van der Waals surface area (Å²) in [4.78, 5) is 103. The molecular formula is C42H54FN7O8. The van der Waals surface area contributed by atoms with Crippen LogP contribution in [0.3, 0.4) is 0 Å². The van der Waals surface area contributed by atoms with Gasteiger partial charge in [-0.3, -0.25) is 24.0 Å². The second-order valence-corrected chi connectivity index (χ2v) is 16.1. The molecule has 2 aromatic rings. The first kappa shape index (κ1) is 42.1. The molecule has 7 amide bonds. The molecule has 0 bridgehead atoms. The standard InChI is InChI=1S/C42H54FN7O8/c1-24-14-16-30(17-15-24)45-42(57)46-31(22-28-10-9-11-29(43)21-28)36(51)47-35-27(4)58-41(56)34-20-25(2)23-50(34)38(53)26(3)44-37(52)32-12-5-7-18-48(32)39(54)33-13-6-8-19-49(33)40(35)55/h9-11,14-17,21,25-27,31-35H,5-8,12-13,18-20,22-23H2,1-4H3,(H,44,52)(H,47,51)(H2,45,46,57)/t25-,26+,27+,31+,32+,33+,34+,35+/m1/s1. The number of amides is 7. The molecule has 58 heavy (non-hydrogen) atoms. The predicted octanol–water partition coefficient (Wildman–Crippen LogP) is 2.80. The SMILES string of the molecule is Cc1ccc(NC(=O)N[C@@H](Cc2cccc(F)c2)C(=O)N[C@@H]2C(=O)N3CCCC[C@H]3C(=O)N3CCCC[C@H]3C(=O)N[C@@H](C)C(=O)N3C[C@H](C)C[C@H]3C(=O)O[C@H]2C)cc1. The van der Waals surface area contributed by atoms with E-state index in [-0.39, 0.29) is 38.4 Å². The Hall–Kier alpha value is -5.54. The summed E-state index contributed by atoms with van der Waals surface area (Å²) in [5, 5.41) is 10.9. The van der Waals surface area contributed by atoms with E-state index in [1.165, 1.54) is 39.8 Å². The fourth-order valence-electron chi connectivity index (χ4n) is 8.46. The molecule has 15 nitrogen and oxygen atoms in total. The first-order valence-electron chi connectivity index (χ1n) is 20.3. The minimum atomic E-state index is -1.54. The summed E-state index contributed by atoms with van der Waals surface area (Å²) in [7, 11) is 0. The normalized spacial score (nSPS) is 27.7.